The topological polar surface area (TPSA) is 51.0 Å². The summed E-state index contributed by atoms with van der Waals surface area (Å²) in [7, 11) is 0. The smallest absolute Gasteiger partial charge is 0.260 e. The molecular formula is C17H12N4OS. The van der Waals surface area contributed by atoms with Gasteiger partial charge in [0.1, 0.15) is 0 Å². The van der Waals surface area contributed by atoms with Crippen LogP contribution in [0.3, 0.4) is 0 Å². The molecular weight excluding hydrogens is 308 g/mol. The van der Waals surface area contributed by atoms with Gasteiger partial charge in [-0.1, -0.05) is 12.1 Å². The minimum atomic E-state index is -0.00523. The lowest BCUT2D eigenvalue weighted by Gasteiger charge is -2.13. The zero-order valence-electron chi connectivity index (χ0n) is 12.1. The molecule has 0 N–H and O–H groups in total. The van der Waals surface area contributed by atoms with E-state index in [0.29, 0.717) is 12.1 Å². The van der Waals surface area contributed by atoms with Crippen LogP contribution < -0.4 is 4.90 Å². The molecule has 0 fully saturated rings. The second-order valence-corrected chi connectivity index (χ2v) is 6.43. The maximum atomic E-state index is 12.9. The molecule has 0 unspecified atom stereocenters. The van der Waals surface area contributed by atoms with E-state index in [-0.39, 0.29) is 5.91 Å². The van der Waals surface area contributed by atoms with Gasteiger partial charge in [0, 0.05) is 18.7 Å². The van der Waals surface area contributed by atoms with Crippen LogP contribution in [0.2, 0.25) is 0 Å². The van der Waals surface area contributed by atoms with Gasteiger partial charge in [-0.15, -0.1) is 11.3 Å². The molecule has 2 aromatic carbocycles. The van der Waals surface area contributed by atoms with Gasteiger partial charge < -0.3 is 4.57 Å². The molecule has 6 heteroatoms. The number of amides is 1. The molecule has 3 heterocycles. The Balaban J connectivity index is 1.59. The number of aromatic nitrogens is 3. The van der Waals surface area contributed by atoms with Crippen molar-refractivity contribution in [3.63, 3.8) is 0 Å². The van der Waals surface area contributed by atoms with Crippen LogP contribution in [0, 0.1) is 0 Å². The summed E-state index contributed by atoms with van der Waals surface area (Å²) in [5, 5.41) is 0. The van der Waals surface area contributed by atoms with E-state index in [1.54, 1.807) is 21.7 Å². The van der Waals surface area contributed by atoms with Crippen molar-refractivity contribution in [3.8, 4) is 0 Å². The number of rotatable bonds is 1. The fraction of sp³-hybridized carbons (Fsp3) is 0.118. The molecule has 5 nitrogen and oxygen atoms in total. The zero-order chi connectivity index (χ0) is 15.4. The molecule has 0 saturated carbocycles. The molecule has 0 saturated heterocycles. The summed E-state index contributed by atoms with van der Waals surface area (Å²) in [4.78, 5) is 23.6. The quantitative estimate of drug-likeness (QED) is 0.541. The van der Waals surface area contributed by atoms with Crippen molar-refractivity contribution in [3.05, 3.63) is 53.5 Å². The molecule has 1 amide bonds. The van der Waals surface area contributed by atoms with Crippen LogP contribution in [0.15, 0.2) is 48.0 Å². The van der Waals surface area contributed by atoms with Gasteiger partial charge >= 0.3 is 0 Å². The highest BCUT2D eigenvalue weighted by atomic mass is 32.1. The van der Waals surface area contributed by atoms with Gasteiger partial charge in [-0.2, -0.15) is 0 Å². The Kier molecular flexibility index (Phi) is 2.57. The van der Waals surface area contributed by atoms with Crippen LogP contribution in [0.5, 0.6) is 0 Å². The number of imidazole rings is 1. The van der Waals surface area contributed by atoms with E-state index in [1.807, 2.05) is 42.5 Å². The molecule has 0 bridgehead atoms. The number of fused-ring (bicyclic) bond motifs is 4. The van der Waals surface area contributed by atoms with Gasteiger partial charge in [-0.05, 0) is 30.3 Å². The molecule has 4 aromatic rings. The lowest BCUT2D eigenvalue weighted by molar-refractivity contribution is 0.0989. The van der Waals surface area contributed by atoms with Crippen molar-refractivity contribution in [2.45, 2.75) is 6.54 Å². The second kappa shape index (κ2) is 4.63. The van der Waals surface area contributed by atoms with E-state index in [2.05, 4.69) is 14.5 Å². The number of thiazole rings is 1. The summed E-state index contributed by atoms with van der Waals surface area (Å²) in [5.74, 6) is 0.731. The molecule has 5 rings (SSSR count). The van der Waals surface area contributed by atoms with E-state index in [9.17, 15) is 4.79 Å². The molecule has 0 radical (unpaired) electrons. The van der Waals surface area contributed by atoms with Crippen LogP contribution in [0.4, 0.5) is 5.95 Å². The number of hydrogen-bond donors (Lipinski definition) is 0. The van der Waals surface area contributed by atoms with Crippen molar-refractivity contribution in [2.75, 3.05) is 11.4 Å². The third-order valence-electron chi connectivity index (χ3n) is 4.25. The molecule has 1 aliphatic rings. The first-order chi connectivity index (χ1) is 11.3. The summed E-state index contributed by atoms with van der Waals surface area (Å²) < 4.78 is 3.14. The SMILES string of the molecule is O=C(c1ccc2ncsc2c1)N1CCn2c1nc1ccccc12. The predicted octanol–water partition coefficient (Wildman–Crippen LogP) is 3.31. The number of para-hydroxylation sites is 2. The first kappa shape index (κ1) is 12.8. The Bertz CT molecular complexity index is 1060. The van der Waals surface area contributed by atoms with Gasteiger partial charge in [-0.25, -0.2) is 9.97 Å². The maximum absolute atomic E-state index is 12.9. The van der Waals surface area contributed by atoms with E-state index in [1.165, 1.54) is 0 Å². The molecule has 0 spiro atoms. The minimum absolute atomic E-state index is 0.00523. The lowest BCUT2D eigenvalue weighted by Crippen LogP contribution is -2.29. The van der Waals surface area contributed by atoms with Gasteiger partial charge in [0.25, 0.3) is 5.91 Å². The zero-order valence-corrected chi connectivity index (χ0v) is 13.0. The third-order valence-corrected chi connectivity index (χ3v) is 5.04. The standard InChI is InChI=1S/C17H12N4OS/c22-16(11-5-6-13-15(9-11)23-10-18-13)21-8-7-20-14-4-2-1-3-12(14)19-17(20)21/h1-6,9-10H,7-8H2. The van der Waals surface area contributed by atoms with Gasteiger partial charge in [0.2, 0.25) is 5.95 Å². The Hall–Kier alpha value is -2.73. The van der Waals surface area contributed by atoms with E-state index in [4.69, 9.17) is 0 Å². The summed E-state index contributed by atoms with van der Waals surface area (Å²) in [6.07, 6.45) is 0. The Morgan fingerprint density at radius 3 is 2.96 bits per heavy atom. The van der Waals surface area contributed by atoms with Crippen LogP contribution in [0.25, 0.3) is 21.3 Å². The predicted molar refractivity (Wildman–Crippen MR) is 91.0 cm³/mol. The van der Waals surface area contributed by atoms with Gasteiger partial charge in [-0.3, -0.25) is 9.69 Å². The second-order valence-electron chi connectivity index (χ2n) is 5.54. The lowest BCUT2D eigenvalue weighted by atomic mass is 10.2. The normalized spacial score (nSPS) is 13.8. The minimum Gasteiger partial charge on any atom is -0.308 e. The molecule has 0 atom stereocenters. The summed E-state index contributed by atoms with van der Waals surface area (Å²) in [6, 6.07) is 13.7. The summed E-state index contributed by atoms with van der Waals surface area (Å²) >= 11 is 1.55. The summed E-state index contributed by atoms with van der Waals surface area (Å²) in [5.41, 5.74) is 5.42. The third kappa shape index (κ3) is 1.82. The van der Waals surface area contributed by atoms with Crippen molar-refractivity contribution < 1.29 is 4.79 Å². The van der Waals surface area contributed by atoms with Crippen LogP contribution in [0.1, 0.15) is 10.4 Å². The largest absolute Gasteiger partial charge is 0.308 e. The molecule has 1 aliphatic heterocycles. The van der Waals surface area contributed by atoms with Crippen molar-refractivity contribution in [2.24, 2.45) is 0 Å². The van der Waals surface area contributed by atoms with Crippen molar-refractivity contribution in [1.82, 2.24) is 14.5 Å². The van der Waals surface area contributed by atoms with Crippen LogP contribution in [-0.4, -0.2) is 27.0 Å². The highest BCUT2D eigenvalue weighted by Crippen LogP contribution is 2.29. The van der Waals surface area contributed by atoms with Gasteiger partial charge in [0.05, 0.1) is 26.8 Å². The highest BCUT2D eigenvalue weighted by Gasteiger charge is 2.29. The maximum Gasteiger partial charge on any atom is 0.260 e. The average Bonchev–Trinajstić information content (AvgIpc) is 3.27. The number of hydrogen-bond acceptors (Lipinski definition) is 4. The molecule has 23 heavy (non-hydrogen) atoms. The number of benzene rings is 2. The Morgan fingerprint density at radius 2 is 2.00 bits per heavy atom. The molecule has 112 valence electrons. The number of nitrogens with zero attached hydrogens (tertiary/aromatic N) is 4. The fourth-order valence-corrected chi connectivity index (χ4v) is 3.84. The number of anilines is 1. The number of carbonyl (C=O) groups excluding carboxylic acids is 1. The van der Waals surface area contributed by atoms with Crippen molar-refractivity contribution >= 4 is 44.4 Å². The van der Waals surface area contributed by atoms with E-state index >= 15 is 0 Å². The van der Waals surface area contributed by atoms with E-state index in [0.717, 1.165) is 33.7 Å². The van der Waals surface area contributed by atoms with Crippen LogP contribution in [-0.2, 0) is 6.54 Å². The Morgan fingerprint density at radius 1 is 1.09 bits per heavy atom. The average molecular weight is 320 g/mol. The fourth-order valence-electron chi connectivity index (χ4n) is 3.13. The Labute approximate surface area is 135 Å². The first-order valence-corrected chi connectivity index (χ1v) is 8.29. The van der Waals surface area contributed by atoms with Crippen molar-refractivity contribution in [1.29, 1.82) is 0 Å². The highest BCUT2D eigenvalue weighted by molar-refractivity contribution is 7.16. The number of carbonyl (C=O) groups is 1. The van der Waals surface area contributed by atoms with E-state index < -0.39 is 0 Å². The van der Waals surface area contributed by atoms with Crippen LogP contribution >= 0.6 is 11.3 Å². The summed E-state index contributed by atoms with van der Waals surface area (Å²) in [6.45, 7) is 1.44. The first-order valence-electron chi connectivity index (χ1n) is 7.42. The monoisotopic (exact) mass is 320 g/mol. The molecule has 0 aliphatic carbocycles. The van der Waals surface area contributed by atoms with Gasteiger partial charge in [0.15, 0.2) is 0 Å². The molecule has 2 aromatic heterocycles.